The van der Waals surface area contributed by atoms with Gasteiger partial charge in [-0.15, -0.1) is 11.3 Å². The fourth-order valence-corrected chi connectivity index (χ4v) is 4.99. The molecule has 2 aromatic carbocycles. The monoisotopic (exact) mass is 470 g/mol. The maximum atomic E-state index is 13.1. The van der Waals surface area contributed by atoms with Gasteiger partial charge in [-0.25, -0.2) is 4.79 Å². The number of hydrogen-bond donors (Lipinski definition) is 1. The zero-order valence-corrected chi connectivity index (χ0v) is 19.1. The molecule has 3 heterocycles. The second kappa shape index (κ2) is 8.21. The molecule has 1 unspecified atom stereocenters. The van der Waals surface area contributed by atoms with E-state index in [1.165, 1.54) is 25.4 Å². The minimum absolute atomic E-state index is 0.0162. The Hall–Kier alpha value is -4.35. The maximum Gasteiger partial charge on any atom is 0.344 e. The molecule has 8 heteroatoms. The van der Waals surface area contributed by atoms with Gasteiger partial charge < -0.3 is 19.6 Å². The second-order valence-corrected chi connectivity index (χ2v) is 8.85. The van der Waals surface area contributed by atoms with Gasteiger partial charge in [-0.2, -0.15) is 5.26 Å². The number of ketones is 1. The van der Waals surface area contributed by atoms with Crippen LogP contribution in [0.2, 0.25) is 0 Å². The summed E-state index contributed by atoms with van der Waals surface area (Å²) in [7, 11) is 1.52. The van der Waals surface area contributed by atoms with E-state index in [2.05, 4.69) is 6.07 Å². The normalized spacial score (nSPS) is 14.9. The van der Waals surface area contributed by atoms with Gasteiger partial charge in [0, 0.05) is 10.9 Å². The first-order valence-corrected chi connectivity index (χ1v) is 11.2. The molecular weight excluding hydrogens is 452 g/mol. The van der Waals surface area contributed by atoms with Crippen molar-refractivity contribution in [1.29, 1.82) is 5.26 Å². The van der Waals surface area contributed by atoms with Gasteiger partial charge >= 0.3 is 5.63 Å². The van der Waals surface area contributed by atoms with Crippen LogP contribution >= 0.6 is 11.3 Å². The molecule has 4 aromatic rings. The summed E-state index contributed by atoms with van der Waals surface area (Å²) < 4.78 is 16.6. The number of methoxy groups -OCH3 is 1. The number of thiophene rings is 1. The lowest BCUT2D eigenvalue weighted by Crippen LogP contribution is -2.26. The average Bonchev–Trinajstić information content (AvgIpc) is 3.34. The van der Waals surface area contributed by atoms with Gasteiger partial charge in [0.15, 0.2) is 11.5 Å². The molecule has 0 saturated carbocycles. The fourth-order valence-electron chi connectivity index (χ4n) is 4.08. The van der Waals surface area contributed by atoms with Crippen LogP contribution in [0.25, 0.3) is 21.4 Å². The first-order valence-electron chi connectivity index (χ1n) is 10.3. The van der Waals surface area contributed by atoms with E-state index in [9.17, 15) is 14.9 Å². The quantitative estimate of drug-likeness (QED) is 0.331. The van der Waals surface area contributed by atoms with Crippen molar-refractivity contribution in [3.63, 3.8) is 0 Å². The molecule has 34 heavy (non-hydrogen) atoms. The second-order valence-electron chi connectivity index (χ2n) is 7.76. The third kappa shape index (κ3) is 3.43. The van der Waals surface area contributed by atoms with Crippen molar-refractivity contribution in [3.8, 4) is 28.0 Å². The lowest BCUT2D eigenvalue weighted by molar-refractivity contribution is 0.102. The maximum absolute atomic E-state index is 13.1. The molecule has 0 saturated heterocycles. The summed E-state index contributed by atoms with van der Waals surface area (Å²) >= 11 is 1.41. The molecule has 7 nitrogen and oxygen atoms in total. The number of benzene rings is 2. The number of ether oxygens (including phenoxy) is 2. The Morgan fingerprint density at radius 3 is 2.56 bits per heavy atom. The SMILES string of the molecule is COc1ccc2c3c(c(=O)oc2c1)C(c1ccc(-c2ccc(C(C)=O)s2)cc1)C(C#N)=C(N)O3. The number of nitriles is 1. The van der Waals surface area contributed by atoms with E-state index in [4.69, 9.17) is 19.6 Å². The van der Waals surface area contributed by atoms with Crippen molar-refractivity contribution in [2.75, 3.05) is 7.11 Å². The molecule has 2 N–H and O–H groups in total. The topological polar surface area (TPSA) is 116 Å². The standard InChI is InChI=1S/C26H18N2O5S/c1-13(29)20-9-10-21(34-20)14-3-5-15(6-4-14)22-18(12-27)25(28)33-24-17-8-7-16(31-2)11-19(17)32-26(30)23(22)24/h3-11,22H,28H2,1-2H3. The molecular formula is C26H18N2O5S. The summed E-state index contributed by atoms with van der Waals surface area (Å²) in [6.07, 6.45) is 0. The Bertz CT molecular complexity index is 1590. The molecule has 0 radical (unpaired) electrons. The van der Waals surface area contributed by atoms with Gasteiger partial charge in [0.25, 0.3) is 0 Å². The summed E-state index contributed by atoms with van der Waals surface area (Å²) in [5, 5.41) is 10.4. The van der Waals surface area contributed by atoms with E-state index in [-0.39, 0.29) is 28.6 Å². The van der Waals surface area contributed by atoms with E-state index in [0.29, 0.717) is 27.2 Å². The highest BCUT2D eigenvalue weighted by atomic mass is 32.1. The smallest absolute Gasteiger partial charge is 0.344 e. The van der Waals surface area contributed by atoms with E-state index < -0.39 is 11.5 Å². The van der Waals surface area contributed by atoms with E-state index in [1.807, 2.05) is 30.3 Å². The highest BCUT2D eigenvalue weighted by Gasteiger charge is 2.35. The van der Waals surface area contributed by atoms with Crippen LogP contribution in [0, 0.1) is 11.3 Å². The Labute approximate surface area is 198 Å². The molecule has 1 aliphatic heterocycles. The van der Waals surface area contributed by atoms with E-state index in [1.54, 1.807) is 24.3 Å². The number of nitrogens with two attached hydrogens (primary N) is 1. The average molecular weight is 471 g/mol. The van der Waals surface area contributed by atoms with Crippen LogP contribution in [0.4, 0.5) is 0 Å². The summed E-state index contributed by atoms with van der Waals surface area (Å²) in [5.74, 6) is 0.00506. The molecule has 0 amide bonds. The Morgan fingerprint density at radius 2 is 1.91 bits per heavy atom. The van der Waals surface area contributed by atoms with Crippen molar-refractivity contribution in [2.24, 2.45) is 5.73 Å². The molecule has 1 atom stereocenters. The fraction of sp³-hybridized carbons (Fsp3) is 0.115. The van der Waals surface area contributed by atoms with Crippen molar-refractivity contribution in [1.82, 2.24) is 0 Å². The third-order valence-corrected chi connectivity index (χ3v) is 6.99. The molecule has 168 valence electrons. The summed E-state index contributed by atoms with van der Waals surface area (Å²) in [6, 6.07) is 18.3. The largest absolute Gasteiger partial charge is 0.497 e. The Kier molecular flexibility index (Phi) is 5.19. The number of hydrogen-bond acceptors (Lipinski definition) is 8. The molecule has 0 aliphatic carbocycles. The molecule has 2 aromatic heterocycles. The number of allylic oxidation sites excluding steroid dienone is 1. The number of nitrogens with zero attached hydrogens (tertiary/aromatic N) is 1. The van der Waals surface area contributed by atoms with Gasteiger partial charge in [0.1, 0.15) is 23.0 Å². The number of rotatable bonds is 4. The number of carbonyl (C=O) groups excluding carboxylic acids is 1. The minimum atomic E-state index is -0.748. The third-order valence-electron chi connectivity index (χ3n) is 5.76. The molecule has 1 aliphatic rings. The van der Waals surface area contributed by atoms with Crippen LogP contribution in [0.3, 0.4) is 0 Å². The summed E-state index contributed by atoms with van der Waals surface area (Å²) in [4.78, 5) is 26.4. The van der Waals surface area contributed by atoms with Crippen molar-refractivity contribution in [2.45, 2.75) is 12.8 Å². The summed E-state index contributed by atoms with van der Waals surface area (Å²) in [6.45, 7) is 1.53. The highest BCUT2D eigenvalue weighted by molar-refractivity contribution is 7.17. The number of fused-ring (bicyclic) bond motifs is 3. The molecule has 0 spiro atoms. The predicted molar refractivity (Wildman–Crippen MR) is 128 cm³/mol. The van der Waals surface area contributed by atoms with Gasteiger partial charge in [0.2, 0.25) is 5.88 Å². The van der Waals surface area contributed by atoms with Crippen molar-refractivity contribution < 1.29 is 18.7 Å². The van der Waals surface area contributed by atoms with E-state index >= 15 is 0 Å². The number of carbonyl (C=O) groups is 1. The van der Waals surface area contributed by atoms with Gasteiger partial charge in [0.05, 0.1) is 28.9 Å². The van der Waals surface area contributed by atoms with Crippen LogP contribution < -0.4 is 20.8 Å². The highest BCUT2D eigenvalue weighted by Crippen LogP contribution is 2.44. The van der Waals surface area contributed by atoms with Crippen LogP contribution in [0.1, 0.15) is 33.6 Å². The van der Waals surface area contributed by atoms with Crippen LogP contribution in [0.15, 0.2) is 75.3 Å². The van der Waals surface area contributed by atoms with Gasteiger partial charge in [-0.05, 0) is 42.3 Å². The first-order chi connectivity index (χ1) is 16.4. The lowest BCUT2D eigenvalue weighted by Gasteiger charge is -2.26. The van der Waals surface area contributed by atoms with Gasteiger partial charge in [-0.3, -0.25) is 4.79 Å². The first kappa shape index (κ1) is 21.5. The number of Topliss-reactive ketones (excluding diaryl/α,β-unsaturated/α-hetero) is 1. The lowest BCUT2D eigenvalue weighted by atomic mass is 9.83. The van der Waals surface area contributed by atoms with Crippen LogP contribution in [-0.2, 0) is 0 Å². The molecule has 0 fully saturated rings. The zero-order chi connectivity index (χ0) is 24.0. The molecule has 0 bridgehead atoms. The van der Waals surface area contributed by atoms with Gasteiger partial charge in [-0.1, -0.05) is 24.3 Å². The van der Waals surface area contributed by atoms with Crippen molar-refractivity contribution in [3.05, 3.63) is 92.5 Å². The molecule has 5 rings (SSSR count). The van der Waals surface area contributed by atoms with Crippen LogP contribution in [0.5, 0.6) is 11.5 Å². The predicted octanol–water partition coefficient (Wildman–Crippen LogP) is 4.95. The minimum Gasteiger partial charge on any atom is -0.497 e. The van der Waals surface area contributed by atoms with Crippen LogP contribution in [-0.4, -0.2) is 12.9 Å². The Balaban J connectivity index is 1.65. The Morgan fingerprint density at radius 1 is 1.15 bits per heavy atom. The van der Waals surface area contributed by atoms with Crippen molar-refractivity contribution >= 4 is 28.1 Å². The van der Waals surface area contributed by atoms with E-state index in [0.717, 1.165) is 10.4 Å². The summed E-state index contributed by atoms with van der Waals surface area (Å²) in [5.41, 5.74) is 7.77. The zero-order valence-electron chi connectivity index (χ0n) is 18.2.